The van der Waals surface area contributed by atoms with Gasteiger partial charge in [-0.3, -0.25) is 4.79 Å². The summed E-state index contributed by atoms with van der Waals surface area (Å²) in [4.78, 5) is 26.7. The van der Waals surface area contributed by atoms with E-state index in [1.165, 1.54) is 0 Å². The predicted molar refractivity (Wildman–Crippen MR) is 92.4 cm³/mol. The molecule has 26 heavy (non-hydrogen) atoms. The molecule has 1 aromatic carbocycles. The van der Waals surface area contributed by atoms with Gasteiger partial charge in [-0.05, 0) is 25.5 Å². The normalized spacial score (nSPS) is 34.2. The van der Waals surface area contributed by atoms with Crippen molar-refractivity contribution in [3.63, 3.8) is 0 Å². The van der Waals surface area contributed by atoms with Crippen LogP contribution in [0.25, 0.3) is 0 Å². The summed E-state index contributed by atoms with van der Waals surface area (Å²) in [6.45, 7) is 5.87. The zero-order chi connectivity index (χ0) is 18.6. The topological polar surface area (TPSA) is 78.9 Å². The van der Waals surface area contributed by atoms with Crippen molar-refractivity contribution in [2.45, 2.75) is 31.1 Å². The highest BCUT2D eigenvalue weighted by molar-refractivity contribution is 6.03. The highest BCUT2D eigenvalue weighted by atomic mass is 16.5. The largest absolute Gasteiger partial charge is 0.550 e. The summed E-state index contributed by atoms with van der Waals surface area (Å²) in [5, 5.41) is 11.7. The minimum absolute atomic E-state index is 0.259. The number of benzene rings is 1. The summed E-state index contributed by atoms with van der Waals surface area (Å²) in [5.41, 5.74) is 0.583. The van der Waals surface area contributed by atoms with Crippen LogP contribution in [0.4, 0.5) is 5.69 Å². The number of hydrogen-bond donors (Lipinski definition) is 0. The summed E-state index contributed by atoms with van der Waals surface area (Å²) in [6, 6.07) is 6.81. The Balaban J connectivity index is 1.84. The quantitative estimate of drug-likeness (QED) is 0.739. The van der Waals surface area contributed by atoms with Gasteiger partial charge in [0.25, 0.3) is 0 Å². The molecule has 3 aliphatic heterocycles. The number of carbonyl (C=O) groups is 2. The Morgan fingerprint density at radius 2 is 2.23 bits per heavy atom. The van der Waals surface area contributed by atoms with Crippen LogP contribution in [0.15, 0.2) is 48.6 Å². The predicted octanol–water partition coefficient (Wildman–Crippen LogP) is 1.07. The first-order chi connectivity index (χ1) is 12.4. The molecule has 2 bridgehead atoms. The number of methoxy groups -OCH3 is 1. The van der Waals surface area contributed by atoms with Gasteiger partial charge in [-0.25, -0.2) is 0 Å². The molecule has 0 aliphatic carbocycles. The van der Waals surface area contributed by atoms with E-state index in [1.54, 1.807) is 36.3 Å². The third-order valence-electron chi connectivity index (χ3n) is 5.57. The number of rotatable bonds is 5. The number of carboxylic acids is 1. The fraction of sp³-hybridized carbons (Fsp3) is 0.400. The maximum absolute atomic E-state index is 13.3. The lowest BCUT2D eigenvalue weighted by Crippen LogP contribution is -2.46. The molecule has 0 N–H and O–H groups in total. The van der Waals surface area contributed by atoms with Crippen LogP contribution in [0.5, 0.6) is 5.75 Å². The second kappa shape index (κ2) is 5.71. The molecule has 0 saturated carbocycles. The van der Waals surface area contributed by atoms with Gasteiger partial charge in [0.15, 0.2) is 0 Å². The van der Waals surface area contributed by atoms with Crippen LogP contribution in [0.1, 0.15) is 13.3 Å². The maximum atomic E-state index is 13.3. The van der Waals surface area contributed by atoms with Crippen LogP contribution < -0.4 is 14.7 Å². The number of ether oxygens (including phenoxy) is 2. The van der Waals surface area contributed by atoms with E-state index in [0.717, 1.165) is 5.57 Å². The van der Waals surface area contributed by atoms with Crippen molar-refractivity contribution in [1.82, 2.24) is 0 Å². The lowest BCUT2D eigenvalue weighted by atomic mass is 9.74. The molecule has 136 valence electrons. The fourth-order valence-corrected chi connectivity index (χ4v) is 4.57. The van der Waals surface area contributed by atoms with Gasteiger partial charge in [-0.15, -0.1) is 6.58 Å². The minimum Gasteiger partial charge on any atom is -0.550 e. The monoisotopic (exact) mass is 354 g/mol. The molecule has 0 aromatic heterocycles. The van der Waals surface area contributed by atoms with Gasteiger partial charge in [0.05, 0.1) is 25.2 Å². The van der Waals surface area contributed by atoms with Gasteiger partial charge in [0, 0.05) is 23.6 Å². The summed E-state index contributed by atoms with van der Waals surface area (Å²) in [6.07, 6.45) is 3.49. The molecule has 2 saturated heterocycles. The standard InChI is InChI=1S/C20H21NO5/c1-11(2)9-15-20-8-7-14(26-20)16(19(23)24)17(20)18(22)21(15)12-5-4-6-13(10-12)25-3/h4-8,10,14-17H,1,9H2,2-3H3,(H,23,24)/p-1/t14-,15+,16-,17-,20-/m1/s1. The van der Waals surface area contributed by atoms with Gasteiger partial charge in [0.2, 0.25) is 5.91 Å². The van der Waals surface area contributed by atoms with E-state index in [4.69, 9.17) is 9.47 Å². The Labute approximate surface area is 151 Å². The molecule has 0 radical (unpaired) electrons. The molecule has 6 nitrogen and oxygen atoms in total. The van der Waals surface area contributed by atoms with Gasteiger partial charge in [0.1, 0.15) is 11.4 Å². The van der Waals surface area contributed by atoms with Crippen molar-refractivity contribution in [3.8, 4) is 5.75 Å². The summed E-state index contributed by atoms with van der Waals surface area (Å²) in [5.74, 6) is -2.66. The number of nitrogens with zero attached hydrogens (tertiary/aromatic N) is 1. The molecule has 1 amide bonds. The Bertz CT molecular complexity index is 831. The Morgan fingerprint density at radius 1 is 1.46 bits per heavy atom. The number of anilines is 1. The van der Waals surface area contributed by atoms with E-state index in [0.29, 0.717) is 17.9 Å². The first-order valence-corrected chi connectivity index (χ1v) is 8.58. The molecule has 0 unspecified atom stereocenters. The third-order valence-corrected chi connectivity index (χ3v) is 5.57. The van der Waals surface area contributed by atoms with Crippen molar-refractivity contribution < 1.29 is 24.2 Å². The Hall–Kier alpha value is -2.60. The van der Waals surface area contributed by atoms with E-state index < -0.39 is 29.5 Å². The molecule has 1 spiro atoms. The third kappa shape index (κ3) is 2.15. The lowest BCUT2D eigenvalue weighted by molar-refractivity contribution is -0.313. The Kier molecular flexibility index (Phi) is 3.70. The second-order valence-corrected chi connectivity index (χ2v) is 7.20. The number of fused-ring (bicyclic) bond motifs is 1. The first-order valence-electron chi connectivity index (χ1n) is 8.58. The second-order valence-electron chi connectivity index (χ2n) is 7.20. The highest BCUT2D eigenvalue weighted by Gasteiger charge is 2.69. The van der Waals surface area contributed by atoms with E-state index in [1.807, 2.05) is 19.1 Å². The van der Waals surface area contributed by atoms with Crippen LogP contribution in [-0.4, -0.2) is 36.7 Å². The molecular formula is C20H20NO5-. The van der Waals surface area contributed by atoms with Crippen molar-refractivity contribution >= 4 is 17.6 Å². The van der Waals surface area contributed by atoms with Crippen LogP contribution in [-0.2, 0) is 14.3 Å². The fourth-order valence-electron chi connectivity index (χ4n) is 4.57. The van der Waals surface area contributed by atoms with Crippen LogP contribution >= 0.6 is 0 Å². The summed E-state index contributed by atoms with van der Waals surface area (Å²) >= 11 is 0. The zero-order valence-corrected chi connectivity index (χ0v) is 14.7. The van der Waals surface area contributed by atoms with Gasteiger partial charge in [-0.2, -0.15) is 0 Å². The van der Waals surface area contributed by atoms with E-state index >= 15 is 0 Å². The average Bonchev–Trinajstić information content (AvgIpc) is 3.24. The van der Waals surface area contributed by atoms with Crippen molar-refractivity contribution in [2.24, 2.45) is 11.8 Å². The van der Waals surface area contributed by atoms with E-state index in [-0.39, 0.29) is 11.9 Å². The lowest BCUT2D eigenvalue weighted by Gasteiger charge is -2.33. The number of aliphatic carboxylic acids is 1. The van der Waals surface area contributed by atoms with E-state index in [2.05, 4.69) is 6.58 Å². The van der Waals surface area contributed by atoms with Crippen molar-refractivity contribution in [3.05, 3.63) is 48.6 Å². The van der Waals surface area contributed by atoms with Gasteiger partial charge >= 0.3 is 0 Å². The first kappa shape index (κ1) is 16.8. The molecule has 4 rings (SSSR count). The number of carbonyl (C=O) groups excluding carboxylic acids is 2. The van der Waals surface area contributed by atoms with Crippen LogP contribution in [0.3, 0.4) is 0 Å². The van der Waals surface area contributed by atoms with Crippen molar-refractivity contribution in [2.75, 3.05) is 12.0 Å². The van der Waals surface area contributed by atoms with Gasteiger partial charge in [-0.1, -0.05) is 23.8 Å². The SMILES string of the molecule is C=C(C)C[C@@H]1N(c2cccc(OC)c2)C(=O)[C@H]2[C@H](C(=O)[O-])[C@H]3C=C[C@@]12O3. The molecular weight excluding hydrogens is 334 g/mol. The van der Waals surface area contributed by atoms with Gasteiger partial charge < -0.3 is 24.3 Å². The minimum atomic E-state index is -1.25. The van der Waals surface area contributed by atoms with Crippen LogP contribution in [0.2, 0.25) is 0 Å². The number of carboxylic acid groups (broad SMARTS) is 1. The zero-order valence-electron chi connectivity index (χ0n) is 14.7. The van der Waals surface area contributed by atoms with E-state index in [9.17, 15) is 14.7 Å². The molecule has 3 heterocycles. The summed E-state index contributed by atoms with van der Waals surface area (Å²) in [7, 11) is 1.56. The Morgan fingerprint density at radius 3 is 2.88 bits per heavy atom. The molecule has 5 atom stereocenters. The smallest absolute Gasteiger partial charge is 0.234 e. The summed E-state index contributed by atoms with van der Waals surface area (Å²) < 4.78 is 11.4. The maximum Gasteiger partial charge on any atom is 0.234 e. The van der Waals surface area contributed by atoms with Crippen LogP contribution in [0, 0.1) is 11.8 Å². The molecule has 2 fully saturated rings. The number of hydrogen-bond acceptors (Lipinski definition) is 5. The molecule has 1 aromatic rings. The van der Waals surface area contributed by atoms with Crippen molar-refractivity contribution in [1.29, 1.82) is 0 Å². The average molecular weight is 354 g/mol. The number of amides is 1. The highest BCUT2D eigenvalue weighted by Crippen LogP contribution is 2.56. The molecule has 3 aliphatic rings. The molecule has 6 heteroatoms.